The SMILES string of the molecule is C[C@H]1[C@@H]2CCN1c1ccc(Cl)nc1N2C(=O)Nc1ccccn1. The lowest BCUT2D eigenvalue weighted by atomic mass is 10.1. The van der Waals surface area contributed by atoms with Crippen molar-refractivity contribution >= 4 is 35.0 Å². The summed E-state index contributed by atoms with van der Waals surface area (Å²) < 4.78 is 0. The van der Waals surface area contributed by atoms with Crippen molar-refractivity contribution in [3.63, 3.8) is 0 Å². The largest absolute Gasteiger partial charge is 0.364 e. The molecular weight excluding hydrogens is 314 g/mol. The van der Waals surface area contributed by atoms with Crippen LogP contribution in [0.3, 0.4) is 0 Å². The number of hydrogen-bond donors (Lipinski definition) is 1. The molecule has 118 valence electrons. The van der Waals surface area contributed by atoms with E-state index in [-0.39, 0.29) is 18.1 Å². The van der Waals surface area contributed by atoms with Gasteiger partial charge in [-0.3, -0.25) is 10.2 Å². The molecule has 0 saturated carbocycles. The molecule has 2 aliphatic rings. The molecule has 23 heavy (non-hydrogen) atoms. The van der Waals surface area contributed by atoms with Gasteiger partial charge >= 0.3 is 6.03 Å². The Morgan fingerprint density at radius 1 is 1.35 bits per heavy atom. The number of carbonyl (C=O) groups is 1. The Hall–Kier alpha value is -2.34. The smallest absolute Gasteiger partial charge is 0.329 e. The second-order valence-corrected chi connectivity index (χ2v) is 6.17. The third-order valence-electron chi connectivity index (χ3n) is 4.52. The molecule has 1 saturated heterocycles. The minimum absolute atomic E-state index is 0.0807. The van der Waals surface area contributed by atoms with Gasteiger partial charge in [0.1, 0.15) is 11.0 Å². The maximum absolute atomic E-state index is 12.8. The predicted molar refractivity (Wildman–Crippen MR) is 90.2 cm³/mol. The van der Waals surface area contributed by atoms with E-state index in [2.05, 4.69) is 27.1 Å². The first-order chi connectivity index (χ1) is 11.1. The zero-order valence-corrected chi connectivity index (χ0v) is 13.4. The molecule has 2 aromatic heterocycles. The number of nitrogens with one attached hydrogen (secondary N) is 1. The number of hydrogen-bond acceptors (Lipinski definition) is 4. The Balaban J connectivity index is 1.73. The number of rotatable bonds is 1. The van der Waals surface area contributed by atoms with Crippen LogP contribution in [0.4, 0.5) is 22.1 Å². The summed E-state index contributed by atoms with van der Waals surface area (Å²) in [6.07, 6.45) is 2.56. The van der Waals surface area contributed by atoms with E-state index < -0.39 is 0 Å². The Bertz CT molecular complexity index is 753. The van der Waals surface area contributed by atoms with Gasteiger partial charge in [0, 0.05) is 18.8 Å². The van der Waals surface area contributed by atoms with Crippen LogP contribution in [0.2, 0.25) is 5.15 Å². The van der Waals surface area contributed by atoms with Gasteiger partial charge in [-0.1, -0.05) is 17.7 Å². The molecule has 0 radical (unpaired) electrons. The quantitative estimate of drug-likeness (QED) is 0.816. The van der Waals surface area contributed by atoms with Crippen LogP contribution >= 0.6 is 11.6 Å². The van der Waals surface area contributed by atoms with Crippen LogP contribution < -0.4 is 15.1 Å². The maximum Gasteiger partial charge on any atom is 0.329 e. The molecule has 2 amide bonds. The number of pyridine rings is 2. The van der Waals surface area contributed by atoms with Gasteiger partial charge in [-0.05, 0) is 37.6 Å². The predicted octanol–water partition coefficient (Wildman–Crippen LogP) is 3.15. The molecular formula is C16H16ClN5O. The van der Waals surface area contributed by atoms with Gasteiger partial charge in [-0.15, -0.1) is 0 Å². The van der Waals surface area contributed by atoms with Crippen molar-refractivity contribution < 1.29 is 4.79 Å². The number of nitrogens with zero attached hydrogens (tertiary/aromatic N) is 4. The number of carbonyl (C=O) groups excluding carboxylic acids is 1. The van der Waals surface area contributed by atoms with Crippen LogP contribution in [0, 0.1) is 0 Å². The summed E-state index contributed by atoms with van der Waals surface area (Å²) in [6, 6.07) is 9.21. The van der Waals surface area contributed by atoms with E-state index in [9.17, 15) is 4.79 Å². The van der Waals surface area contributed by atoms with E-state index in [4.69, 9.17) is 11.6 Å². The summed E-state index contributed by atoms with van der Waals surface area (Å²) in [7, 11) is 0. The topological polar surface area (TPSA) is 61.4 Å². The normalized spacial score (nSPS) is 22.0. The van der Waals surface area contributed by atoms with Crippen LogP contribution in [-0.2, 0) is 0 Å². The average Bonchev–Trinajstić information content (AvgIpc) is 2.82. The molecule has 4 heterocycles. The zero-order valence-electron chi connectivity index (χ0n) is 12.6. The molecule has 6 nitrogen and oxygen atoms in total. The summed E-state index contributed by atoms with van der Waals surface area (Å²) in [5, 5.41) is 3.23. The maximum atomic E-state index is 12.8. The lowest BCUT2D eigenvalue weighted by Gasteiger charge is -2.40. The number of anilines is 3. The van der Waals surface area contributed by atoms with Gasteiger partial charge in [0.05, 0.1) is 11.7 Å². The van der Waals surface area contributed by atoms with Crippen molar-refractivity contribution in [3.8, 4) is 0 Å². The van der Waals surface area contributed by atoms with Gasteiger partial charge in [-0.25, -0.2) is 14.8 Å². The summed E-state index contributed by atoms with van der Waals surface area (Å²) in [5.41, 5.74) is 0.951. The summed E-state index contributed by atoms with van der Waals surface area (Å²) in [4.78, 5) is 25.4. The first kappa shape index (κ1) is 14.3. The first-order valence-electron chi connectivity index (χ1n) is 7.59. The Kier molecular flexibility index (Phi) is 3.34. The fourth-order valence-corrected chi connectivity index (χ4v) is 3.58. The minimum atomic E-state index is -0.224. The van der Waals surface area contributed by atoms with E-state index in [1.807, 2.05) is 18.2 Å². The van der Waals surface area contributed by atoms with Crippen LogP contribution in [0.1, 0.15) is 13.3 Å². The van der Waals surface area contributed by atoms with Crippen LogP contribution in [0.15, 0.2) is 36.5 Å². The third kappa shape index (κ3) is 2.30. The average molecular weight is 330 g/mol. The molecule has 0 spiro atoms. The van der Waals surface area contributed by atoms with Crippen molar-refractivity contribution in [2.75, 3.05) is 21.7 Å². The van der Waals surface area contributed by atoms with E-state index >= 15 is 0 Å². The Labute approximate surface area is 139 Å². The van der Waals surface area contributed by atoms with Gasteiger partial charge < -0.3 is 4.90 Å². The van der Waals surface area contributed by atoms with Crippen molar-refractivity contribution in [2.24, 2.45) is 0 Å². The highest BCUT2D eigenvalue weighted by atomic mass is 35.5. The van der Waals surface area contributed by atoms with Crippen molar-refractivity contribution in [3.05, 3.63) is 41.7 Å². The zero-order chi connectivity index (χ0) is 16.0. The van der Waals surface area contributed by atoms with Gasteiger partial charge in [-0.2, -0.15) is 0 Å². The molecule has 2 aromatic rings. The van der Waals surface area contributed by atoms with E-state index in [1.54, 1.807) is 23.2 Å². The number of aromatic nitrogens is 2. The summed E-state index contributed by atoms with van der Waals surface area (Å²) >= 11 is 6.06. The molecule has 0 aliphatic carbocycles. The highest BCUT2D eigenvalue weighted by Crippen LogP contribution is 2.42. The van der Waals surface area contributed by atoms with Gasteiger partial charge in [0.15, 0.2) is 5.82 Å². The van der Waals surface area contributed by atoms with Crippen LogP contribution in [0.25, 0.3) is 0 Å². The number of fused-ring (bicyclic) bond motifs is 4. The van der Waals surface area contributed by atoms with E-state index in [1.165, 1.54) is 0 Å². The molecule has 2 atom stereocenters. The molecule has 1 fully saturated rings. The van der Waals surface area contributed by atoms with Gasteiger partial charge in [0.25, 0.3) is 0 Å². The second-order valence-electron chi connectivity index (χ2n) is 5.78. The molecule has 1 N–H and O–H groups in total. The second kappa shape index (κ2) is 5.38. The Morgan fingerprint density at radius 3 is 3.00 bits per heavy atom. The first-order valence-corrected chi connectivity index (χ1v) is 7.97. The molecule has 4 rings (SSSR count). The number of urea groups is 1. The van der Waals surface area contributed by atoms with Crippen LogP contribution in [0.5, 0.6) is 0 Å². The summed E-state index contributed by atoms with van der Waals surface area (Å²) in [6.45, 7) is 3.05. The lowest BCUT2D eigenvalue weighted by Crippen LogP contribution is -2.52. The van der Waals surface area contributed by atoms with Crippen molar-refractivity contribution in [1.82, 2.24) is 9.97 Å². The minimum Gasteiger partial charge on any atom is -0.364 e. The number of halogens is 1. The number of amides is 2. The van der Waals surface area contributed by atoms with Crippen LogP contribution in [-0.4, -0.2) is 34.6 Å². The monoisotopic (exact) mass is 329 g/mol. The van der Waals surface area contributed by atoms with E-state index in [0.717, 1.165) is 18.7 Å². The standard InChI is InChI=1S/C16H16ClN5O/c1-10-11-7-9-21(10)12-5-6-13(17)19-15(12)22(11)16(23)20-14-4-2-3-8-18-14/h2-6,8,10-11H,7,9H2,1H3,(H,18,20,23)/t10-,11-/m0/s1. The van der Waals surface area contributed by atoms with Crippen molar-refractivity contribution in [2.45, 2.75) is 25.4 Å². The molecule has 0 aromatic carbocycles. The third-order valence-corrected chi connectivity index (χ3v) is 4.73. The van der Waals surface area contributed by atoms with E-state index in [0.29, 0.717) is 16.8 Å². The summed E-state index contributed by atoms with van der Waals surface area (Å²) in [5.74, 6) is 1.14. The fourth-order valence-electron chi connectivity index (χ4n) is 3.44. The van der Waals surface area contributed by atoms with Gasteiger partial charge in [0.2, 0.25) is 0 Å². The molecule has 2 bridgehead atoms. The van der Waals surface area contributed by atoms with Crippen molar-refractivity contribution in [1.29, 1.82) is 0 Å². The Morgan fingerprint density at radius 2 is 2.22 bits per heavy atom. The highest BCUT2D eigenvalue weighted by molar-refractivity contribution is 6.29. The molecule has 7 heteroatoms. The highest BCUT2D eigenvalue weighted by Gasteiger charge is 2.45. The lowest BCUT2D eigenvalue weighted by molar-refractivity contribution is 0.253. The molecule has 0 unspecified atom stereocenters. The molecule has 2 aliphatic heterocycles. The fraction of sp³-hybridized carbons (Fsp3) is 0.312.